The molecule has 1 aromatic heterocycles. The summed E-state index contributed by atoms with van der Waals surface area (Å²) in [6.45, 7) is 9.69. The van der Waals surface area contributed by atoms with Crippen LogP contribution in [0.2, 0.25) is 0 Å². The topological polar surface area (TPSA) is 75.2 Å². The average molecular weight is 423 g/mol. The molecule has 0 bridgehead atoms. The molecule has 0 saturated heterocycles. The number of nitrogens with one attached hydrogen (secondary N) is 1. The Morgan fingerprint density at radius 3 is 2.30 bits per heavy atom. The van der Waals surface area contributed by atoms with Gasteiger partial charge in [0, 0.05) is 16.6 Å². The first kappa shape index (κ1) is 21.6. The first-order valence-electron chi connectivity index (χ1n) is 9.71. The molecule has 0 aliphatic rings. The van der Waals surface area contributed by atoms with E-state index < -0.39 is 11.6 Å². The predicted molar refractivity (Wildman–Crippen MR) is 120 cm³/mol. The summed E-state index contributed by atoms with van der Waals surface area (Å²) >= 11 is 1.10. The van der Waals surface area contributed by atoms with Crippen molar-refractivity contribution in [1.29, 1.82) is 0 Å². The summed E-state index contributed by atoms with van der Waals surface area (Å²) < 4.78 is 3.83. The lowest BCUT2D eigenvalue weighted by molar-refractivity contribution is -0.123. The summed E-state index contributed by atoms with van der Waals surface area (Å²) in [5, 5.41) is 8.58. The number of rotatable bonds is 5. The van der Waals surface area contributed by atoms with Gasteiger partial charge in [0.1, 0.15) is 6.04 Å². The Labute approximate surface area is 181 Å². The van der Waals surface area contributed by atoms with Crippen molar-refractivity contribution in [1.82, 2.24) is 14.9 Å². The van der Waals surface area contributed by atoms with Crippen molar-refractivity contribution >= 4 is 29.0 Å². The molecule has 156 valence electrons. The van der Waals surface area contributed by atoms with E-state index >= 15 is 0 Å². The largest absolute Gasteiger partial charge is 0.349 e. The maximum absolute atomic E-state index is 13.5. The molecule has 0 saturated carbocycles. The highest BCUT2D eigenvalue weighted by molar-refractivity contribution is 7.03. The molecular formula is C23H26N4O2S. The summed E-state index contributed by atoms with van der Waals surface area (Å²) in [4.78, 5) is 28.5. The lowest BCUT2D eigenvalue weighted by Gasteiger charge is -2.33. The number of anilines is 1. The number of benzene rings is 2. The van der Waals surface area contributed by atoms with Crippen molar-refractivity contribution in [3.63, 3.8) is 0 Å². The fourth-order valence-corrected chi connectivity index (χ4v) is 3.60. The lowest BCUT2D eigenvalue weighted by Crippen LogP contribution is -2.49. The van der Waals surface area contributed by atoms with Crippen LogP contribution in [-0.2, 0) is 4.79 Å². The van der Waals surface area contributed by atoms with Gasteiger partial charge in [-0.2, -0.15) is 0 Å². The zero-order chi connectivity index (χ0) is 21.9. The van der Waals surface area contributed by atoms with E-state index in [9.17, 15) is 9.59 Å². The molecule has 0 radical (unpaired) electrons. The van der Waals surface area contributed by atoms with Crippen LogP contribution in [0.15, 0.2) is 53.9 Å². The van der Waals surface area contributed by atoms with Crippen LogP contribution in [0, 0.1) is 13.8 Å². The van der Waals surface area contributed by atoms with E-state index in [0.717, 1.165) is 28.2 Å². The number of hydrogen-bond donors (Lipinski definition) is 1. The van der Waals surface area contributed by atoms with Gasteiger partial charge < -0.3 is 5.32 Å². The van der Waals surface area contributed by atoms with Gasteiger partial charge in [0.15, 0.2) is 5.69 Å². The second-order valence-electron chi connectivity index (χ2n) is 8.36. The fraction of sp³-hybridized carbons (Fsp3) is 0.304. The molecule has 1 atom stereocenters. The molecule has 2 aromatic carbocycles. The summed E-state index contributed by atoms with van der Waals surface area (Å²) in [5.41, 5.74) is 3.17. The van der Waals surface area contributed by atoms with Crippen molar-refractivity contribution < 1.29 is 9.59 Å². The van der Waals surface area contributed by atoms with Crippen LogP contribution >= 0.6 is 11.5 Å². The van der Waals surface area contributed by atoms with Crippen LogP contribution < -0.4 is 10.2 Å². The minimum atomic E-state index is -0.860. The zero-order valence-corrected chi connectivity index (χ0v) is 18.7. The fourth-order valence-electron chi connectivity index (χ4n) is 3.17. The summed E-state index contributed by atoms with van der Waals surface area (Å²) in [5.74, 6) is -0.631. The van der Waals surface area contributed by atoms with Gasteiger partial charge in [-0.25, -0.2) is 0 Å². The molecule has 0 aliphatic carbocycles. The molecule has 1 heterocycles. The third-order valence-corrected chi connectivity index (χ3v) is 4.98. The molecule has 7 heteroatoms. The number of hydrogen-bond acceptors (Lipinski definition) is 5. The highest BCUT2D eigenvalue weighted by Crippen LogP contribution is 2.31. The normalized spacial score (nSPS) is 12.3. The lowest BCUT2D eigenvalue weighted by atomic mass is 9.99. The number of carbonyl (C=O) groups is 2. The smallest absolute Gasteiger partial charge is 0.280 e. The van der Waals surface area contributed by atoms with Crippen LogP contribution in [-0.4, -0.2) is 26.9 Å². The summed E-state index contributed by atoms with van der Waals surface area (Å²) in [6, 6.07) is 14.3. The van der Waals surface area contributed by atoms with Gasteiger partial charge in [0.25, 0.3) is 5.91 Å². The Morgan fingerprint density at radius 2 is 1.73 bits per heavy atom. The molecule has 0 aliphatic heterocycles. The summed E-state index contributed by atoms with van der Waals surface area (Å²) in [7, 11) is 0. The Kier molecular flexibility index (Phi) is 6.31. The van der Waals surface area contributed by atoms with E-state index in [-0.39, 0.29) is 17.5 Å². The van der Waals surface area contributed by atoms with Crippen molar-refractivity contribution in [2.45, 2.75) is 46.2 Å². The maximum atomic E-state index is 13.5. The average Bonchev–Trinajstić information content (AvgIpc) is 3.19. The van der Waals surface area contributed by atoms with Gasteiger partial charge in [-0.1, -0.05) is 52.0 Å². The van der Waals surface area contributed by atoms with Crippen molar-refractivity contribution in [3.8, 4) is 0 Å². The third-order valence-electron chi connectivity index (χ3n) is 4.47. The molecule has 2 amide bonds. The van der Waals surface area contributed by atoms with Crippen LogP contribution in [0.4, 0.5) is 5.69 Å². The van der Waals surface area contributed by atoms with Gasteiger partial charge in [0.2, 0.25) is 5.91 Å². The van der Waals surface area contributed by atoms with Crippen molar-refractivity contribution in [2.24, 2.45) is 0 Å². The molecular weight excluding hydrogens is 396 g/mol. The van der Waals surface area contributed by atoms with Crippen molar-refractivity contribution in [2.75, 3.05) is 4.90 Å². The molecule has 0 fully saturated rings. The van der Waals surface area contributed by atoms with Gasteiger partial charge in [-0.05, 0) is 63.8 Å². The predicted octanol–water partition coefficient (Wildman–Crippen LogP) is 4.46. The van der Waals surface area contributed by atoms with E-state index in [1.807, 2.05) is 83.1 Å². The number of aryl methyl sites for hydroxylation is 2. The Hall–Kier alpha value is -3.06. The number of nitrogens with zero attached hydrogens (tertiary/aromatic N) is 3. The second-order valence-corrected chi connectivity index (χ2v) is 8.97. The molecule has 1 N–H and O–H groups in total. The van der Waals surface area contributed by atoms with Crippen LogP contribution in [0.1, 0.15) is 54.0 Å². The van der Waals surface area contributed by atoms with Gasteiger partial charge in [0.05, 0.1) is 0 Å². The maximum Gasteiger partial charge on any atom is 0.280 e. The van der Waals surface area contributed by atoms with Crippen LogP contribution in [0.3, 0.4) is 0 Å². The standard InChI is InChI=1S/C23H26N4O2S/c1-15-9-11-18(12-10-15)27(22(29)19-14-30-26-25-19)20(21(28)24-23(3,4)5)17-8-6-7-16(2)13-17/h6-14,20H,1-5H3,(H,24,28)/t20-/m1/s1. The van der Waals surface area contributed by atoms with Crippen molar-refractivity contribution in [3.05, 3.63) is 76.3 Å². The zero-order valence-electron chi connectivity index (χ0n) is 17.8. The Morgan fingerprint density at radius 1 is 1.03 bits per heavy atom. The van der Waals surface area contributed by atoms with E-state index in [0.29, 0.717) is 5.69 Å². The number of amides is 2. The number of carbonyl (C=O) groups excluding carboxylic acids is 2. The minimum absolute atomic E-state index is 0.210. The van der Waals surface area contributed by atoms with E-state index in [2.05, 4.69) is 14.9 Å². The number of aromatic nitrogens is 2. The second kappa shape index (κ2) is 8.75. The molecule has 6 nitrogen and oxygen atoms in total. The third kappa shape index (κ3) is 5.10. The quantitative estimate of drug-likeness (QED) is 0.659. The first-order valence-corrected chi connectivity index (χ1v) is 10.6. The molecule has 3 rings (SSSR count). The Balaban J connectivity index is 2.18. The molecule has 3 aromatic rings. The minimum Gasteiger partial charge on any atom is -0.349 e. The van der Waals surface area contributed by atoms with E-state index in [4.69, 9.17) is 0 Å². The molecule has 0 spiro atoms. The van der Waals surface area contributed by atoms with Gasteiger partial charge in [-0.15, -0.1) is 5.10 Å². The summed E-state index contributed by atoms with van der Waals surface area (Å²) in [6.07, 6.45) is 0. The highest BCUT2D eigenvalue weighted by Gasteiger charge is 2.35. The first-order chi connectivity index (χ1) is 14.2. The SMILES string of the molecule is Cc1ccc(N(C(=O)c2csnn2)[C@@H](C(=O)NC(C)(C)C)c2cccc(C)c2)cc1. The monoisotopic (exact) mass is 422 g/mol. The van der Waals surface area contributed by atoms with Crippen LogP contribution in [0.5, 0.6) is 0 Å². The molecule has 30 heavy (non-hydrogen) atoms. The van der Waals surface area contributed by atoms with E-state index in [1.54, 1.807) is 5.38 Å². The highest BCUT2D eigenvalue weighted by atomic mass is 32.1. The molecule has 0 unspecified atom stereocenters. The van der Waals surface area contributed by atoms with Gasteiger partial charge in [-0.3, -0.25) is 14.5 Å². The van der Waals surface area contributed by atoms with Crippen LogP contribution in [0.25, 0.3) is 0 Å². The van der Waals surface area contributed by atoms with E-state index in [1.165, 1.54) is 4.90 Å². The Bertz CT molecular complexity index is 1020. The van der Waals surface area contributed by atoms with Gasteiger partial charge >= 0.3 is 0 Å².